The summed E-state index contributed by atoms with van der Waals surface area (Å²) in [6.07, 6.45) is 2.30. The molecule has 0 radical (unpaired) electrons. The molecule has 0 saturated heterocycles. The summed E-state index contributed by atoms with van der Waals surface area (Å²) in [5.74, 6) is 0.374. The second-order valence-corrected chi connectivity index (χ2v) is 3.25. The van der Waals surface area contributed by atoms with Gasteiger partial charge in [0, 0.05) is 6.54 Å². The molecule has 0 saturated carbocycles. The molecule has 0 atom stereocenters. The minimum Gasteiger partial charge on any atom is -0.506 e. The summed E-state index contributed by atoms with van der Waals surface area (Å²) in [6, 6.07) is 5.75. The highest BCUT2D eigenvalue weighted by molar-refractivity contribution is 5.58. The molecule has 0 bridgehead atoms. The maximum absolute atomic E-state index is 9.63. The summed E-state index contributed by atoms with van der Waals surface area (Å²) >= 11 is 0. The van der Waals surface area contributed by atoms with Crippen LogP contribution < -0.4 is 5.32 Å². The molecule has 0 aliphatic rings. The Kier molecular flexibility index (Phi) is 3.62. The first kappa shape index (κ1) is 9.90. The van der Waals surface area contributed by atoms with Gasteiger partial charge in [-0.25, -0.2) is 0 Å². The topological polar surface area (TPSA) is 32.3 Å². The number of benzene rings is 1. The zero-order chi connectivity index (χ0) is 9.68. The van der Waals surface area contributed by atoms with Crippen molar-refractivity contribution in [3.05, 3.63) is 23.8 Å². The number of anilines is 1. The lowest BCUT2D eigenvalue weighted by Gasteiger charge is -2.08. The molecule has 2 nitrogen and oxygen atoms in total. The molecular weight excluding hydrogens is 162 g/mol. The van der Waals surface area contributed by atoms with Gasteiger partial charge in [-0.2, -0.15) is 0 Å². The molecular formula is C11H17NO. The number of nitrogens with one attached hydrogen (secondary N) is 1. The molecule has 0 aromatic heterocycles. The number of hydrogen-bond acceptors (Lipinski definition) is 2. The van der Waals surface area contributed by atoms with Crippen molar-refractivity contribution in [2.24, 2.45) is 0 Å². The van der Waals surface area contributed by atoms with Gasteiger partial charge in [0.25, 0.3) is 0 Å². The van der Waals surface area contributed by atoms with Gasteiger partial charge in [-0.15, -0.1) is 0 Å². The van der Waals surface area contributed by atoms with Crippen LogP contribution in [0, 0.1) is 6.92 Å². The first-order valence-electron chi connectivity index (χ1n) is 4.78. The predicted molar refractivity (Wildman–Crippen MR) is 56.2 cm³/mol. The van der Waals surface area contributed by atoms with Crippen LogP contribution >= 0.6 is 0 Å². The molecule has 0 fully saturated rings. The van der Waals surface area contributed by atoms with E-state index in [4.69, 9.17) is 0 Å². The molecule has 2 heteroatoms. The second-order valence-electron chi connectivity index (χ2n) is 3.25. The van der Waals surface area contributed by atoms with Gasteiger partial charge in [-0.3, -0.25) is 0 Å². The normalized spacial score (nSPS) is 10.0. The third-order valence-corrected chi connectivity index (χ3v) is 2.08. The quantitative estimate of drug-likeness (QED) is 0.550. The molecule has 0 heterocycles. The number of aromatic hydroxyl groups is 1. The van der Waals surface area contributed by atoms with Crippen molar-refractivity contribution in [2.75, 3.05) is 11.9 Å². The highest BCUT2D eigenvalue weighted by atomic mass is 16.3. The number of phenols is 1. The van der Waals surface area contributed by atoms with E-state index in [-0.39, 0.29) is 0 Å². The fraction of sp³-hybridized carbons (Fsp3) is 0.455. The monoisotopic (exact) mass is 179 g/mol. The van der Waals surface area contributed by atoms with Crippen LogP contribution in [0.5, 0.6) is 5.75 Å². The van der Waals surface area contributed by atoms with Gasteiger partial charge in [0.2, 0.25) is 0 Å². The summed E-state index contributed by atoms with van der Waals surface area (Å²) in [7, 11) is 0. The molecule has 13 heavy (non-hydrogen) atoms. The van der Waals surface area contributed by atoms with Gasteiger partial charge < -0.3 is 10.4 Å². The first-order chi connectivity index (χ1) is 6.25. The summed E-state index contributed by atoms with van der Waals surface area (Å²) in [6.45, 7) is 4.98. The fourth-order valence-electron chi connectivity index (χ4n) is 1.20. The van der Waals surface area contributed by atoms with Crippen LogP contribution in [-0.2, 0) is 0 Å². The fourth-order valence-corrected chi connectivity index (χ4v) is 1.20. The summed E-state index contributed by atoms with van der Waals surface area (Å²) < 4.78 is 0. The molecule has 0 unspecified atom stereocenters. The molecule has 0 aliphatic heterocycles. The standard InChI is InChI=1S/C11H17NO/c1-3-4-8-12-10-7-5-6-9(2)11(10)13/h5-7,12-13H,3-4,8H2,1-2H3. The number of hydrogen-bond donors (Lipinski definition) is 2. The maximum atomic E-state index is 9.63. The lowest BCUT2D eigenvalue weighted by atomic mass is 10.2. The Bertz CT molecular complexity index is 271. The Labute approximate surface area is 79.6 Å². The van der Waals surface area contributed by atoms with E-state index in [1.165, 1.54) is 6.42 Å². The third kappa shape index (κ3) is 2.65. The Balaban J connectivity index is 2.61. The van der Waals surface area contributed by atoms with E-state index in [1.54, 1.807) is 0 Å². The summed E-state index contributed by atoms with van der Waals surface area (Å²) in [4.78, 5) is 0. The summed E-state index contributed by atoms with van der Waals surface area (Å²) in [5, 5.41) is 12.8. The van der Waals surface area contributed by atoms with E-state index in [2.05, 4.69) is 12.2 Å². The van der Waals surface area contributed by atoms with Gasteiger partial charge in [0.15, 0.2) is 0 Å². The van der Waals surface area contributed by atoms with Crippen molar-refractivity contribution in [1.29, 1.82) is 0 Å². The highest BCUT2D eigenvalue weighted by Crippen LogP contribution is 2.26. The second kappa shape index (κ2) is 4.75. The van der Waals surface area contributed by atoms with Gasteiger partial charge in [-0.1, -0.05) is 25.5 Å². The predicted octanol–water partition coefficient (Wildman–Crippen LogP) is 2.91. The van der Waals surface area contributed by atoms with Crippen LogP contribution in [-0.4, -0.2) is 11.7 Å². The largest absolute Gasteiger partial charge is 0.506 e. The Morgan fingerprint density at radius 1 is 1.38 bits per heavy atom. The number of unbranched alkanes of at least 4 members (excludes halogenated alkanes) is 1. The Morgan fingerprint density at radius 2 is 2.15 bits per heavy atom. The van der Waals surface area contributed by atoms with Gasteiger partial charge in [0.05, 0.1) is 5.69 Å². The SMILES string of the molecule is CCCCNc1cccc(C)c1O. The van der Waals surface area contributed by atoms with Crippen LogP contribution in [0.2, 0.25) is 0 Å². The molecule has 72 valence electrons. The molecule has 1 aromatic carbocycles. The number of para-hydroxylation sites is 1. The molecule has 0 amide bonds. The van der Waals surface area contributed by atoms with Gasteiger partial charge in [0.1, 0.15) is 5.75 Å². The van der Waals surface area contributed by atoms with Crippen LogP contribution in [0.1, 0.15) is 25.3 Å². The first-order valence-corrected chi connectivity index (χ1v) is 4.78. The van der Waals surface area contributed by atoms with E-state index < -0.39 is 0 Å². The molecule has 0 spiro atoms. The van der Waals surface area contributed by atoms with E-state index >= 15 is 0 Å². The zero-order valence-corrected chi connectivity index (χ0v) is 8.30. The lowest BCUT2D eigenvalue weighted by molar-refractivity contribution is 0.473. The zero-order valence-electron chi connectivity index (χ0n) is 8.30. The van der Waals surface area contributed by atoms with Crippen LogP contribution in [0.3, 0.4) is 0 Å². The maximum Gasteiger partial charge on any atom is 0.141 e. The minimum atomic E-state index is 0.374. The van der Waals surface area contributed by atoms with E-state index in [9.17, 15) is 5.11 Å². The van der Waals surface area contributed by atoms with Crippen molar-refractivity contribution in [1.82, 2.24) is 0 Å². The van der Waals surface area contributed by atoms with Crippen molar-refractivity contribution in [3.63, 3.8) is 0 Å². The van der Waals surface area contributed by atoms with Crippen molar-refractivity contribution in [2.45, 2.75) is 26.7 Å². The number of aryl methyl sites for hydroxylation is 1. The Hall–Kier alpha value is -1.18. The average molecular weight is 179 g/mol. The van der Waals surface area contributed by atoms with Gasteiger partial charge >= 0.3 is 0 Å². The lowest BCUT2D eigenvalue weighted by Crippen LogP contribution is -2.01. The third-order valence-electron chi connectivity index (χ3n) is 2.08. The highest BCUT2D eigenvalue weighted by Gasteiger charge is 2.01. The van der Waals surface area contributed by atoms with Crippen molar-refractivity contribution in [3.8, 4) is 5.75 Å². The number of rotatable bonds is 4. The van der Waals surface area contributed by atoms with Crippen LogP contribution in [0.4, 0.5) is 5.69 Å². The molecule has 1 aromatic rings. The molecule has 0 aliphatic carbocycles. The van der Waals surface area contributed by atoms with Crippen molar-refractivity contribution >= 4 is 5.69 Å². The molecule has 2 N–H and O–H groups in total. The van der Waals surface area contributed by atoms with E-state index in [1.807, 2.05) is 25.1 Å². The Morgan fingerprint density at radius 3 is 2.85 bits per heavy atom. The van der Waals surface area contributed by atoms with E-state index in [0.717, 1.165) is 24.2 Å². The summed E-state index contributed by atoms with van der Waals surface area (Å²) in [5.41, 5.74) is 1.76. The van der Waals surface area contributed by atoms with Crippen LogP contribution in [0.15, 0.2) is 18.2 Å². The van der Waals surface area contributed by atoms with Crippen LogP contribution in [0.25, 0.3) is 0 Å². The average Bonchev–Trinajstić information content (AvgIpc) is 2.13. The van der Waals surface area contributed by atoms with Gasteiger partial charge in [-0.05, 0) is 25.0 Å². The smallest absolute Gasteiger partial charge is 0.141 e. The number of phenolic OH excluding ortho intramolecular Hbond substituents is 1. The molecule has 1 rings (SSSR count). The minimum absolute atomic E-state index is 0.374. The van der Waals surface area contributed by atoms with Crippen molar-refractivity contribution < 1.29 is 5.11 Å². The van der Waals surface area contributed by atoms with E-state index in [0.29, 0.717) is 5.75 Å².